The van der Waals surface area contributed by atoms with Gasteiger partial charge in [-0.3, -0.25) is 9.20 Å². The van der Waals surface area contributed by atoms with Crippen molar-refractivity contribution >= 4 is 28.4 Å². The van der Waals surface area contributed by atoms with Gasteiger partial charge in [0.15, 0.2) is 11.5 Å². The van der Waals surface area contributed by atoms with Crippen molar-refractivity contribution in [3.05, 3.63) is 96.2 Å². The molecule has 0 atom stereocenters. The number of carbonyl (C=O) groups excluding carboxylic acids is 1. The molecule has 0 spiro atoms. The molecular weight excluding hydrogens is 422 g/mol. The van der Waals surface area contributed by atoms with Gasteiger partial charge in [0, 0.05) is 23.7 Å². The van der Waals surface area contributed by atoms with Crippen LogP contribution >= 0.6 is 0 Å². The van der Waals surface area contributed by atoms with Crippen LogP contribution in [0.5, 0.6) is 0 Å². The maximum Gasteiger partial charge on any atom is 0.251 e. The number of rotatable bonds is 7. The molecule has 168 valence electrons. The summed E-state index contributed by atoms with van der Waals surface area (Å²) in [4.78, 5) is 22.0. The van der Waals surface area contributed by atoms with Gasteiger partial charge in [-0.15, -0.1) is 0 Å². The number of carbonyl (C=O) groups is 1. The van der Waals surface area contributed by atoms with Gasteiger partial charge in [0.1, 0.15) is 0 Å². The number of hydrogen-bond donors (Lipinski definition) is 2. The molecule has 1 aliphatic carbocycles. The number of imidazole rings is 1. The SMILES string of the molecule is O=C(NC1CC1)c1ccc(-c2cnc3c(NCCc4ccccc4)nc4ccccc4n23)cc1. The van der Waals surface area contributed by atoms with E-state index < -0.39 is 0 Å². The van der Waals surface area contributed by atoms with Crippen LogP contribution in [0.2, 0.25) is 0 Å². The summed E-state index contributed by atoms with van der Waals surface area (Å²) in [5.41, 5.74) is 6.61. The third-order valence-electron chi connectivity index (χ3n) is 6.23. The molecule has 0 unspecified atom stereocenters. The minimum absolute atomic E-state index is 0.00764. The molecule has 0 saturated heterocycles. The Labute approximate surface area is 197 Å². The van der Waals surface area contributed by atoms with E-state index in [9.17, 15) is 4.79 Å². The number of nitrogens with zero attached hydrogens (tertiary/aromatic N) is 3. The Morgan fingerprint density at radius 3 is 2.50 bits per heavy atom. The third-order valence-corrected chi connectivity index (χ3v) is 6.23. The zero-order chi connectivity index (χ0) is 22.9. The molecule has 2 heterocycles. The van der Waals surface area contributed by atoms with Crippen molar-refractivity contribution in [3.63, 3.8) is 0 Å². The number of amides is 1. The highest BCUT2D eigenvalue weighted by Gasteiger charge is 2.23. The van der Waals surface area contributed by atoms with E-state index in [2.05, 4.69) is 45.4 Å². The molecule has 0 aliphatic heterocycles. The molecule has 1 aliphatic rings. The molecular formula is C28H25N5O. The highest BCUT2D eigenvalue weighted by atomic mass is 16.1. The zero-order valence-electron chi connectivity index (χ0n) is 18.7. The summed E-state index contributed by atoms with van der Waals surface area (Å²) >= 11 is 0. The summed E-state index contributed by atoms with van der Waals surface area (Å²) in [5.74, 6) is 0.757. The summed E-state index contributed by atoms with van der Waals surface area (Å²) in [6, 6.07) is 26.6. The van der Waals surface area contributed by atoms with Gasteiger partial charge < -0.3 is 10.6 Å². The Kier molecular flexibility index (Phi) is 5.18. The number of fused-ring (bicyclic) bond motifs is 3. The topological polar surface area (TPSA) is 71.3 Å². The molecule has 1 amide bonds. The van der Waals surface area contributed by atoms with Gasteiger partial charge >= 0.3 is 0 Å². The molecule has 0 radical (unpaired) electrons. The van der Waals surface area contributed by atoms with E-state index in [0.717, 1.165) is 59.6 Å². The van der Waals surface area contributed by atoms with Gasteiger partial charge in [0.25, 0.3) is 5.91 Å². The Balaban J connectivity index is 1.34. The molecule has 0 bridgehead atoms. The van der Waals surface area contributed by atoms with E-state index >= 15 is 0 Å². The lowest BCUT2D eigenvalue weighted by molar-refractivity contribution is 0.0951. The second-order valence-electron chi connectivity index (χ2n) is 8.74. The Bertz CT molecular complexity index is 1470. The van der Waals surface area contributed by atoms with Crippen molar-refractivity contribution in [1.82, 2.24) is 19.7 Å². The number of anilines is 1. The number of para-hydroxylation sites is 2. The number of nitrogens with one attached hydrogen (secondary N) is 2. The fourth-order valence-electron chi connectivity index (χ4n) is 4.26. The maximum atomic E-state index is 12.4. The van der Waals surface area contributed by atoms with Gasteiger partial charge in [-0.2, -0.15) is 0 Å². The molecule has 6 heteroatoms. The minimum Gasteiger partial charge on any atom is -0.367 e. The maximum absolute atomic E-state index is 12.4. The lowest BCUT2D eigenvalue weighted by Crippen LogP contribution is -2.25. The molecule has 1 saturated carbocycles. The zero-order valence-corrected chi connectivity index (χ0v) is 18.7. The van der Waals surface area contributed by atoms with Gasteiger partial charge in [0.05, 0.1) is 22.9 Å². The molecule has 3 aromatic carbocycles. The summed E-state index contributed by atoms with van der Waals surface area (Å²) in [5, 5.41) is 6.54. The predicted octanol–water partition coefficient (Wildman–Crippen LogP) is 5.10. The molecule has 5 aromatic rings. The van der Waals surface area contributed by atoms with Crippen molar-refractivity contribution < 1.29 is 4.79 Å². The molecule has 1 fully saturated rings. The highest BCUT2D eigenvalue weighted by Crippen LogP contribution is 2.29. The van der Waals surface area contributed by atoms with E-state index in [1.54, 1.807) is 0 Å². The summed E-state index contributed by atoms with van der Waals surface area (Å²) in [6.07, 6.45) is 4.94. The fourth-order valence-corrected chi connectivity index (χ4v) is 4.26. The Hall–Kier alpha value is -4.19. The van der Waals surface area contributed by atoms with Gasteiger partial charge in [-0.1, -0.05) is 54.6 Å². The second-order valence-corrected chi connectivity index (χ2v) is 8.74. The van der Waals surface area contributed by atoms with Gasteiger partial charge in [-0.05, 0) is 49.1 Å². The Morgan fingerprint density at radius 1 is 0.941 bits per heavy atom. The van der Waals surface area contributed by atoms with Gasteiger partial charge in [0.2, 0.25) is 0 Å². The van der Waals surface area contributed by atoms with E-state index in [0.29, 0.717) is 11.6 Å². The van der Waals surface area contributed by atoms with Gasteiger partial charge in [-0.25, -0.2) is 9.97 Å². The normalized spacial score (nSPS) is 13.3. The number of aromatic nitrogens is 3. The first-order valence-corrected chi connectivity index (χ1v) is 11.7. The van der Waals surface area contributed by atoms with Crippen molar-refractivity contribution in [2.75, 3.05) is 11.9 Å². The summed E-state index contributed by atoms with van der Waals surface area (Å²) < 4.78 is 2.15. The van der Waals surface area contributed by atoms with E-state index in [-0.39, 0.29) is 5.91 Å². The van der Waals surface area contributed by atoms with Crippen LogP contribution in [-0.4, -0.2) is 32.9 Å². The molecule has 2 N–H and O–H groups in total. The molecule has 34 heavy (non-hydrogen) atoms. The van der Waals surface area contributed by atoms with Crippen molar-refractivity contribution in [2.24, 2.45) is 0 Å². The first-order valence-electron chi connectivity index (χ1n) is 11.7. The first-order chi connectivity index (χ1) is 16.8. The number of benzene rings is 3. The van der Waals surface area contributed by atoms with Crippen LogP contribution in [0.3, 0.4) is 0 Å². The smallest absolute Gasteiger partial charge is 0.251 e. The van der Waals surface area contributed by atoms with E-state index in [1.165, 1.54) is 5.56 Å². The molecule has 6 rings (SSSR count). The quantitative estimate of drug-likeness (QED) is 0.364. The highest BCUT2D eigenvalue weighted by molar-refractivity contribution is 5.95. The van der Waals surface area contributed by atoms with E-state index in [4.69, 9.17) is 9.97 Å². The van der Waals surface area contributed by atoms with Crippen LogP contribution in [-0.2, 0) is 6.42 Å². The van der Waals surface area contributed by atoms with Crippen LogP contribution in [0.25, 0.3) is 27.9 Å². The summed E-state index contributed by atoms with van der Waals surface area (Å²) in [6.45, 7) is 0.762. The summed E-state index contributed by atoms with van der Waals surface area (Å²) in [7, 11) is 0. The monoisotopic (exact) mass is 447 g/mol. The standard InChI is InChI=1S/C28H25N5O/c34-28(31-22-14-15-22)21-12-10-20(11-13-21)25-18-30-27-26(29-17-16-19-6-2-1-3-7-19)32-23-8-4-5-9-24(23)33(25)27/h1-13,18,22H,14-17H2,(H,29,32)(H,31,34). The van der Waals surface area contributed by atoms with Crippen molar-refractivity contribution in [1.29, 1.82) is 0 Å². The Morgan fingerprint density at radius 2 is 1.71 bits per heavy atom. The average molecular weight is 448 g/mol. The second kappa shape index (κ2) is 8.63. The third kappa shape index (κ3) is 3.99. The molecule has 2 aromatic heterocycles. The number of hydrogen-bond acceptors (Lipinski definition) is 4. The van der Waals surface area contributed by atoms with Crippen LogP contribution in [0, 0.1) is 0 Å². The van der Waals surface area contributed by atoms with Crippen LogP contribution in [0.1, 0.15) is 28.8 Å². The predicted molar refractivity (Wildman–Crippen MR) is 135 cm³/mol. The van der Waals surface area contributed by atoms with Crippen LogP contribution in [0.4, 0.5) is 5.82 Å². The first kappa shape index (κ1) is 20.4. The average Bonchev–Trinajstić information content (AvgIpc) is 3.58. The minimum atomic E-state index is -0.00764. The van der Waals surface area contributed by atoms with Crippen molar-refractivity contribution in [3.8, 4) is 11.3 Å². The van der Waals surface area contributed by atoms with E-state index in [1.807, 2.05) is 54.7 Å². The largest absolute Gasteiger partial charge is 0.367 e. The van der Waals surface area contributed by atoms with Crippen molar-refractivity contribution in [2.45, 2.75) is 25.3 Å². The fraction of sp³-hybridized carbons (Fsp3) is 0.179. The molecule has 6 nitrogen and oxygen atoms in total. The lowest BCUT2D eigenvalue weighted by Gasteiger charge is -2.12. The van der Waals surface area contributed by atoms with Crippen LogP contribution < -0.4 is 10.6 Å². The lowest BCUT2D eigenvalue weighted by atomic mass is 10.1. The van der Waals surface area contributed by atoms with Crippen LogP contribution in [0.15, 0.2) is 85.1 Å².